The van der Waals surface area contributed by atoms with Crippen LogP contribution in [0.1, 0.15) is 26.4 Å². The van der Waals surface area contributed by atoms with Gasteiger partial charge in [-0.25, -0.2) is 9.59 Å². The van der Waals surface area contributed by atoms with Gasteiger partial charge in [-0.15, -0.1) is 0 Å². The molecule has 2 heterocycles. The predicted octanol–water partition coefficient (Wildman–Crippen LogP) is 4.45. The second-order valence-electron chi connectivity index (χ2n) is 6.92. The lowest BCUT2D eigenvalue weighted by Gasteiger charge is -2.09. The van der Waals surface area contributed by atoms with E-state index in [9.17, 15) is 9.59 Å². The minimum absolute atomic E-state index is 0.197. The van der Waals surface area contributed by atoms with E-state index in [1.807, 2.05) is 60.9 Å². The zero-order valence-corrected chi connectivity index (χ0v) is 16.8. The Morgan fingerprint density at radius 1 is 0.933 bits per heavy atom. The summed E-state index contributed by atoms with van der Waals surface area (Å²) in [5.74, 6) is -1.14. The molecule has 0 spiro atoms. The summed E-state index contributed by atoms with van der Waals surface area (Å²) < 4.78 is 11.8. The Bertz CT molecular complexity index is 1200. The smallest absolute Gasteiger partial charge is 0.355 e. The van der Waals surface area contributed by atoms with E-state index in [0.29, 0.717) is 18.5 Å². The highest BCUT2D eigenvalue weighted by atomic mass is 16.5. The molecule has 0 saturated heterocycles. The van der Waals surface area contributed by atoms with Crippen molar-refractivity contribution in [3.8, 4) is 11.1 Å². The Kier molecular flexibility index (Phi) is 5.39. The first kappa shape index (κ1) is 19.5. The Balaban J connectivity index is 1.79. The number of aryl methyl sites for hydroxylation is 2. The number of hydrogen-bond acceptors (Lipinski definition) is 4. The molecule has 2 aromatic carbocycles. The molecule has 0 radical (unpaired) electrons. The zero-order chi connectivity index (χ0) is 21.1. The predicted molar refractivity (Wildman–Crippen MR) is 115 cm³/mol. The number of aromatic amines is 1. The molecule has 0 amide bonds. The maximum Gasteiger partial charge on any atom is 0.355 e. The molecule has 4 aromatic rings. The van der Waals surface area contributed by atoms with Crippen LogP contribution in [0.5, 0.6) is 0 Å². The van der Waals surface area contributed by atoms with Crippen LogP contribution in [0.15, 0.2) is 67.0 Å². The molecule has 4 rings (SSSR count). The van der Waals surface area contributed by atoms with E-state index in [4.69, 9.17) is 9.47 Å². The summed E-state index contributed by atoms with van der Waals surface area (Å²) >= 11 is 0. The van der Waals surface area contributed by atoms with Gasteiger partial charge in [0.15, 0.2) is 0 Å². The Morgan fingerprint density at radius 2 is 1.63 bits per heavy atom. The van der Waals surface area contributed by atoms with Crippen LogP contribution in [0, 0.1) is 0 Å². The molecule has 0 bridgehead atoms. The lowest BCUT2D eigenvalue weighted by atomic mass is 10.0. The van der Waals surface area contributed by atoms with E-state index in [1.54, 1.807) is 4.57 Å². The van der Waals surface area contributed by atoms with E-state index in [0.717, 1.165) is 22.0 Å². The van der Waals surface area contributed by atoms with Crippen molar-refractivity contribution in [3.05, 3.63) is 83.8 Å². The van der Waals surface area contributed by atoms with Crippen LogP contribution in [-0.2, 0) is 22.4 Å². The third-order valence-corrected chi connectivity index (χ3v) is 5.23. The molecule has 2 aromatic heterocycles. The van der Waals surface area contributed by atoms with E-state index < -0.39 is 11.9 Å². The topological polar surface area (TPSA) is 73.3 Å². The first-order valence-electron chi connectivity index (χ1n) is 9.64. The summed E-state index contributed by atoms with van der Waals surface area (Å²) in [6.45, 7) is 0.503. The lowest BCUT2D eigenvalue weighted by molar-refractivity contribution is 0.0547. The molecule has 0 aliphatic carbocycles. The highest BCUT2D eigenvalue weighted by Crippen LogP contribution is 2.30. The first-order valence-corrected chi connectivity index (χ1v) is 9.64. The van der Waals surface area contributed by atoms with Crippen LogP contribution in [0.25, 0.3) is 22.0 Å². The third kappa shape index (κ3) is 3.48. The second-order valence-corrected chi connectivity index (χ2v) is 6.92. The molecule has 0 saturated carbocycles. The van der Waals surface area contributed by atoms with E-state index >= 15 is 0 Å². The first-order chi connectivity index (χ1) is 14.6. The number of benzene rings is 2. The van der Waals surface area contributed by atoms with Gasteiger partial charge in [0.25, 0.3) is 0 Å². The average molecular weight is 402 g/mol. The molecule has 30 heavy (non-hydrogen) atoms. The van der Waals surface area contributed by atoms with Crippen molar-refractivity contribution in [1.82, 2.24) is 9.55 Å². The minimum atomic E-state index is -0.573. The highest BCUT2D eigenvalue weighted by Gasteiger charge is 2.28. The molecule has 0 unspecified atom stereocenters. The van der Waals surface area contributed by atoms with Crippen molar-refractivity contribution in [1.29, 1.82) is 0 Å². The van der Waals surface area contributed by atoms with Gasteiger partial charge in [-0.2, -0.15) is 0 Å². The quantitative estimate of drug-likeness (QED) is 0.484. The molecule has 0 aliphatic heterocycles. The van der Waals surface area contributed by atoms with Crippen molar-refractivity contribution in [2.45, 2.75) is 13.0 Å². The number of ether oxygens (including phenoxy) is 2. The van der Waals surface area contributed by atoms with Crippen molar-refractivity contribution >= 4 is 22.8 Å². The van der Waals surface area contributed by atoms with Gasteiger partial charge in [0.1, 0.15) is 11.3 Å². The van der Waals surface area contributed by atoms with Gasteiger partial charge in [0.2, 0.25) is 0 Å². The van der Waals surface area contributed by atoms with Crippen LogP contribution < -0.4 is 0 Å². The third-order valence-electron chi connectivity index (χ3n) is 5.23. The van der Waals surface area contributed by atoms with Crippen LogP contribution in [0.3, 0.4) is 0 Å². The molecule has 0 aliphatic rings. The van der Waals surface area contributed by atoms with Gasteiger partial charge < -0.3 is 19.0 Å². The Labute approximate surface area is 174 Å². The molecule has 152 valence electrons. The van der Waals surface area contributed by atoms with Gasteiger partial charge in [0, 0.05) is 35.4 Å². The highest BCUT2D eigenvalue weighted by molar-refractivity contribution is 6.07. The van der Waals surface area contributed by atoms with Crippen molar-refractivity contribution in [2.24, 2.45) is 0 Å². The minimum Gasteiger partial charge on any atom is -0.465 e. The van der Waals surface area contributed by atoms with Gasteiger partial charge in [0.05, 0.1) is 14.2 Å². The molecular formula is C24H22N2O4. The number of aromatic nitrogens is 2. The summed E-state index contributed by atoms with van der Waals surface area (Å²) in [4.78, 5) is 28.5. The number of hydrogen-bond donors (Lipinski definition) is 1. The fourth-order valence-corrected chi connectivity index (χ4v) is 3.77. The number of nitrogens with one attached hydrogen (secondary N) is 1. The monoisotopic (exact) mass is 402 g/mol. The number of nitrogens with zero attached hydrogens (tertiary/aromatic N) is 1. The molecule has 0 atom stereocenters. The number of methoxy groups -OCH3 is 2. The molecule has 1 N–H and O–H groups in total. The van der Waals surface area contributed by atoms with Crippen LogP contribution in [0.4, 0.5) is 0 Å². The summed E-state index contributed by atoms with van der Waals surface area (Å²) in [5, 5.41) is 1.14. The fourth-order valence-electron chi connectivity index (χ4n) is 3.77. The lowest BCUT2D eigenvalue weighted by Crippen LogP contribution is -2.16. The fraction of sp³-hybridized carbons (Fsp3) is 0.167. The normalized spacial score (nSPS) is 10.9. The Hall–Kier alpha value is -3.80. The number of carbonyl (C=O) groups is 2. The summed E-state index contributed by atoms with van der Waals surface area (Å²) in [6, 6.07) is 17.5. The number of fused-ring (bicyclic) bond motifs is 1. The standard InChI is InChI=1S/C24H22N2O4/c1-29-23(27)21-19(16-8-4-3-5-9-16)15-26(22(21)24(28)30-2)13-12-17-14-25-20-11-7-6-10-18(17)20/h3-11,14-15,25H,12-13H2,1-2H3. The molecule has 6 nitrogen and oxygen atoms in total. The van der Waals surface area contributed by atoms with Crippen LogP contribution in [-0.4, -0.2) is 35.7 Å². The summed E-state index contributed by atoms with van der Waals surface area (Å²) in [6.07, 6.45) is 4.48. The number of esters is 2. The van der Waals surface area contributed by atoms with Gasteiger partial charge in [-0.05, 0) is 23.6 Å². The van der Waals surface area contributed by atoms with Crippen molar-refractivity contribution < 1.29 is 19.1 Å². The van der Waals surface area contributed by atoms with Crippen molar-refractivity contribution in [3.63, 3.8) is 0 Å². The van der Waals surface area contributed by atoms with E-state index in [1.165, 1.54) is 14.2 Å². The number of rotatable bonds is 6. The zero-order valence-electron chi connectivity index (χ0n) is 16.8. The number of carbonyl (C=O) groups excluding carboxylic acids is 2. The maximum atomic E-state index is 12.6. The second kappa shape index (κ2) is 8.29. The van der Waals surface area contributed by atoms with Crippen LogP contribution in [0.2, 0.25) is 0 Å². The summed E-state index contributed by atoms with van der Waals surface area (Å²) in [5.41, 5.74) is 4.08. The largest absolute Gasteiger partial charge is 0.465 e. The maximum absolute atomic E-state index is 12.6. The van der Waals surface area contributed by atoms with Crippen LogP contribution >= 0.6 is 0 Å². The SMILES string of the molecule is COC(=O)c1c(-c2ccccc2)cn(CCc2c[nH]c3ccccc23)c1C(=O)OC. The molecule has 6 heteroatoms. The van der Waals surface area contributed by atoms with Gasteiger partial charge >= 0.3 is 11.9 Å². The number of para-hydroxylation sites is 1. The molecular weight excluding hydrogens is 380 g/mol. The van der Waals surface area contributed by atoms with Crippen molar-refractivity contribution in [2.75, 3.05) is 14.2 Å². The Morgan fingerprint density at radius 3 is 2.37 bits per heavy atom. The van der Waals surface area contributed by atoms with E-state index in [-0.39, 0.29) is 11.3 Å². The summed E-state index contributed by atoms with van der Waals surface area (Å²) in [7, 11) is 2.62. The van der Waals surface area contributed by atoms with Gasteiger partial charge in [-0.1, -0.05) is 48.5 Å². The van der Waals surface area contributed by atoms with E-state index in [2.05, 4.69) is 11.1 Å². The molecule has 0 fully saturated rings. The number of H-pyrrole nitrogens is 1. The average Bonchev–Trinajstić information content (AvgIpc) is 3.38. The van der Waals surface area contributed by atoms with Gasteiger partial charge in [-0.3, -0.25) is 0 Å².